The zero-order valence-electron chi connectivity index (χ0n) is 14.3. The Bertz CT molecular complexity index is 727. The van der Waals surface area contributed by atoms with Gasteiger partial charge in [0.15, 0.2) is 0 Å². The molecule has 1 aromatic carbocycles. The average Bonchev–Trinajstić information content (AvgIpc) is 3.44. The van der Waals surface area contributed by atoms with Crippen LogP contribution < -0.4 is 5.32 Å². The van der Waals surface area contributed by atoms with Crippen molar-refractivity contribution in [1.82, 2.24) is 10.2 Å². The summed E-state index contributed by atoms with van der Waals surface area (Å²) in [6.07, 6.45) is 1.45. The highest BCUT2D eigenvalue weighted by atomic mass is 19.3. The van der Waals surface area contributed by atoms with Gasteiger partial charge in [0.05, 0.1) is 0 Å². The fourth-order valence-corrected chi connectivity index (χ4v) is 3.76. The Balaban J connectivity index is 1.38. The van der Waals surface area contributed by atoms with E-state index in [1.807, 2.05) is 6.07 Å². The van der Waals surface area contributed by atoms with E-state index in [0.717, 1.165) is 24.8 Å². The third-order valence-corrected chi connectivity index (χ3v) is 5.56. The normalized spacial score (nSPS) is 26.7. The lowest BCUT2D eigenvalue weighted by Crippen LogP contribution is -2.50. The van der Waals surface area contributed by atoms with E-state index >= 15 is 0 Å². The topological polar surface area (TPSA) is 69.6 Å². The second-order valence-corrected chi connectivity index (χ2v) is 7.85. The van der Waals surface area contributed by atoms with Crippen molar-refractivity contribution in [1.29, 1.82) is 0 Å². The first kappa shape index (κ1) is 17.2. The van der Waals surface area contributed by atoms with Gasteiger partial charge < -0.3 is 15.3 Å². The molecule has 0 aromatic heterocycles. The van der Waals surface area contributed by atoms with E-state index in [1.165, 1.54) is 4.90 Å². The molecule has 0 spiro atoms. The van der Waals surface area contributed by atoms with E-state index < -0.39 is 18.1 Å². The first-order chi connectivity index (χ1) is 12.3. The number of carbonyl (C=O) groups is 2. The number of carbonyl (C=O) groups excluding carboxylic acids is 1. The molecule has 7 heteroatoms. The summed E-state index contributed by atoms with van der Waals surface area (Å²) in [5, 5.41) is 12.1. The molecule has 0 unspecified atom stereocenters. The van der Waals surface area contributed by atoms with Gasteiger partial charge in [0.25, 0.3) is 11.8 Å². The van der Waals surface area contributed by atoms with Crippen LogP contribution in [-0.4, -0.2) is 46.6 Å². The van der Waals surface area contributed by atoms with Gasteiger partial charge in [-0.25, -0.2) is 13.6 Å². The molecule has 5 nitrogen and oxygen atoms in total. The molecule has 0 saturated heterocycles. The molecule has 0 radical (unpaired) electrons. The predicted octanol–water partition coefficient (Wildman–Crippen LogP) is 3.46. The molecule has 2 atom stereocenters. The lowest BCUT2D eigenvalue weighted by molar-refractivity contribution is -0.0901. The average molecular weight is 364 g/mol. The van der Waals surface area contributed by atoms with Gasteiger partial charge >= 0.3 is 6.09 Å². The lowest BCUT2D eigenvalue weighted by Gasteiger charge is -2.35. The van der Waals surface area contributed by atoms with Crippen molar-refractivity contribution in [3.63, 3.8) is 0 Å². The molecule has 4 rings (SSSR count). The van der Waals surface area contributed by atoms with Gasteiger partial charge in [0.2, 0.25) is 0 Å². The zero-order valence-corrected chi connectivity index (χ0v) is 14.3. The monoisotopic (exact) mass is 364 g/mol. The number of nitrogens with one attached hydrogen (secondary N) is 1. The number of nitrogens with zero attached hydrogens (tertiary/aromatic N) is 1. The first-order valence-corrected chi connectivity index (χ1v) is 9.10. The van der Waals surface area contributed by atoms with Crippen molar-refractivity contribution in [3.05, 3.63) is 35.4 Å². The van der Waals surface area contributed by atoms with Crippen LogP contribution in [0.5, 0.6) is 0 Å². The van der Waals surface area contributed by atoms with Gasteiger partial charge in [-0.05, 0) is 42.9 Å². The smallest absolute Gasteiger partial charge is 0.407 e. The van der Waals surface area contributed by atoms with Crippen molar-refractivity contribution in [2.45, 2.75) is 56.0 Å². The summed E-state index contributed by atoms with van der Waals surface area (Å²) >= 11 is 0. The maximum absolute atomic E-state index is 12.9. The van der Waals surface area contributed by atoms with Gasteiger partial charge in [-0.15, -0.1) is 0 Å². The minimum absolute atomic E-state index is 0.0308. The maximum Gasteiger partial charge on any atom is 0.407 e. The summed E-state index contributed by atoms with van der Waals surface area (Å²) in [5.41, 5.74) is 1.37. The number of carboxylic acid groups (broad SMARTS) is 1. The molecule has 3 aliphatic rings. The van der Waals surface area contributed by atoms with E-state index in [2.05, 4.69) is 5.32 Å². The van der Waals surface area contributed by atoms with Crippen molar-refractivity contribution >= 4 is 12.0 Å². The zero-order chi connectivity index (χ0) is 18.5. The van der Waals surface area contributed by atoms with Gasteiger partial charge in [-0.2, -0.15) is 0 Å². The van der Waals surface area contributed by atoms with Crippen molar-refractivity contribution in [2.24, 2.45) is 5.92 Å². The molecule has 0 aliphatic heterocycles. The molecule has 3 aliphatic carbocycles. The SMILES string of the molecule is O=C(NC1CC(F)(F)C1)c1cccc([C@@H]2C[C@H]2N(CC2CC2)C(=O)O)c1. The van der Waals surface area contributed by atoms with Crippen LogP contribution in [0, 0.1) is 5.92 Å². The van der Waals surface area contributed by atoms with Gasteiger partial charge in [-0.1, -0.05) is 12.1 Å². The number of rotatable bonds is 6. The summed E-state index contributed by atoms with van der Waals surface area (Å²) in [6, 6.07) is 6.57. The maximum atomic E-state index is 12.9. The molecule has 3 fully saturated rings. The van der Waals surface area contributed by atoms with Gasteiger partial charge in [-0.3, -0.25) is 4.79 Å². The highest BCUT2D eigenvalue weighted by Crippen LogP contribution is 2.46. The molecule has 0 bridgehead atoms. The van der Waals surface area contributed by atoms with E-state index in [1.54, 1.807) is 18.2 Å². The van der Waals surface area contributed by atoms with Crippen molar-refractivity contribution < 1.29 is 23.5 Å². The Kier molecular flexibility index (Phi) is 4.12. The molecular weight excluding hydrogens is 342 g/mol. The molecule has 26 heavy (non-hydrogen) atoms. The predicted molar refractivity (Wildman–Crippen MR) is 90.5 cm³/mol. The third-order valence-electron chi connectivity index (χ3n) is 5.56. The van der Waals surface area contributed by atoms with E-state index in [9.17, 15) is 23.5 Å². The minimum Gasteiger partial charge on any atom is -0.465 e. The highest BCUT2D eigenvalue weighted by molar-refractivity contribution is 5.94. The van der Waals surface area contributed by atoms with Crippen LogP contribution in [0.2, 0.25) is 0 Å². The molecule has 140 valence electrons. The Morgan fingerprint density at radius 1 is 1.27 bits per heavy atom. The van der Waals surface area contributed by atoms with Crippen LogP contribution in [0.4, 0.5) is 13.6 Å². The summed E-state index contributed by atoms with van der Waals surface area (Å²) in [6.45, 7) is 0.590. The minimum atomic E-state index is -2.66. The molecule has 2 N–H and O–H groups in total. The Hall–Kier alpha value is -2.18. The van der Waals surface area contributed by atoms with Crippen molar-refractivity contribution in [3.8, 4) is 0 Å². The second kappa shape index (κ2) is 6.21. The summed E-state index contributed by atoms with van der Waals surface area (Å²) in [5.74, 6) is -2.42. The fraction of sp³-hybridized carbons (Fsp3) is 0.579. The first-order valence-electron chi connectivity index (χ1n) is 9.10. The fourth-order valence-electron chi connectivity index (χ4n) is 3.76. The molecule has 2 amide bonds. The number of benzene rings is 1. The van der Waals surface area contributed by atoms with Gasteiger partial charge in [0, 0.05) is 43.0 Å². The second-order valence-electron chi connectivity index (χ2n) is 7.85. The number of alkyl halides is 2. The van der Waals surface area contributed by atoms with Crippen LogP contribution in [-0.2, 0) is 0 Å². The quantitative estimate of drug-likeness (QED) is 0.812. The standard InChI is InChI=1S/C19H22F2N2O3/c20-19(21)8-14(9-19)22-17(24)13-3-1-2-12(6-13)15-7-16(15)23(18(25)26)10-11-4-5-11/h1-3,6,11,14-16H,4-5,7-10H2,(H,22,24)(H,25,26)/t15-,16+/m0/s1. The largest absolute Gasteiger partial charge is 0.465 e. The van der Waals surface area contributed by atoms with E-state index in [-0.39, 0.29) is 30.7 Å². The summed E-state index contributed by atoms with van der Waals surface area (Å²) in [4.78, 5) is 25.3. The van der Waals surface area contributed by atoms with Crippen LogP contribution in [0.3, 0.4) is 0 Å². The number of hydrogen-bond donors (Lipinski definition) is 2. The van der Waals surface area contributed by atoms with E-state index in [4.69, 9.17) is 0 Å². The van der Waals surface area contributed by atoms with E-state index in [0.29, 0.717) is 18.0 Å². The molecule has 1 aromatic rings. The molecular formula is C19H22F2N2O3. The number of amides is 2. The molecule has 3 saturated carbocycles. The Morgan fingerprint density at radius 3 is 2.62 bits per heavy atom. The van der Waals surface area contributed by atoms with Crippen LogP contribution in [0.15, 0.2) is 24.3 Å². The number of hydrogen-bond acceptors (Lipinski definition) is 2. The Labute approximate surface area is 150 Å². The van der Waals surface area contributed by atoms with Crippen LogP contribution >= 0.6 is 0 Å². The van der Waals surface area contributed by atoms with Crippen LogP contribution in [0.1, 0.15) is 53.9 Å². The van der Waals surface area contributed by atoms with Crippen LogP contribution in [0.25, 0.3) is 0 Å². The lowest BCUT2D eigenvalue weighted by atomic mass is 9.88. The summed E-state index contributed by atoms with van der Waals surface area (Å²) < 4.78 is 25.8. The molecule has 0 heterocycles. The van der Waals surface area contributed by atoms with Crippen molar-refractivity contribution in [2.75, 3.05) is 6.54 Å². The highest BCUT2D eigenvalue weighted by Gasteiger charge is 2.47. The number of halogens is 2. The Morgan fingerprint density at radius 2 is 2.00 bits per heavy atom. The van der Waals surface area contributed by atoms with Gasteiger partial charge in [0.1, 0.15) is 0 Å². The third kappa shape index (κ3) is 3.66. The summed E-state index contributed by atoms with van der Waals surface area (Å²) in [7, 11) is 0.